The highest BCUT2D eigenvalue weighted by Crippen LogP contribution is 2.30. The molecule has 0 spiro atoms. The zero-order chi connectivity index (χ0) is 21.1. The van der Waals surface area contributed by atoms with Gasteiger partial charge in [0.1, 0.15) is 6.29 Å². The van der Waals surface area contributed by atoms with Crippen LogP contribution in [0.5, 0.6) is 0 Å². The van der Waals surface area contributed by atoms with Crippen molar-refractivity contribution in [3.05, 3.63) is 78.4 Å². The molecule has 0 aliphatic heterocycles. The van der Waals surface area contributed by atoms with Crippen LogP contribution in [0.4, 0.5) is 5.69 Å². The molecule has 0 unspecified atom stereocenters. The Bertz CT molecular complexity index is 936. The van der Waals surface area contributed by atoms with Crippen molar-refractivity contribution in [2.45, 2.75) is 46.0 Å². The molecular weight excluding hydrogens is 354 g/mol. The van der Waals surface area contributed by atoms with E-state index >= 15 is 0 Å². The van der Waals surface area contributed by atoms with Crippen molar-refractivity contribution in [3.63, 3.8) is 0 Å². The minimum absolute atomic E-state index is 0.639. The number of carbonyl (C=O) groups is 1. The van der Waals surface area contributed by atoms with Gasteiger partial charge in [-0.1, -0.05) is 69.7 Å². The van der Waals surface area contributed by atoms with E-state index < -0.39 is 0 Å². The van der Waals surface area contributed by atoms with Gasteiger partial charge in [0.25, 0.3) is 0 Å². The maximum Gasteiger partial charge on any atom is 0.142 e. The number of aldehydes is 1. The lowest BCUT2D eigenvalue weighted by Crippen LogP contribution is -1.93. The summed E-state index contributed by atoms with van der Waals surface area (Å²) in [5.41, 5.74) is 6.68. The minimum atomic E-state index is 0.639. The fourth-order valence-corrected chi connectivity index (χ4v) is 3.52. The van der Waals surface area contributed by atoms with Crippen molar-refractivity contribution >= 4 is 22.7 Å². The van der Waals surface area contributed by atoms with E-state index in [-0.39, 0.29) is 0 Å². The third-order valence-electron chi connectivity index (χ3n) is 5.16. The van der Waals surface area contributed by atoms with Crippen LogP contribution in [0, 0.1) is 0 Å². The van der Waals surface area contributed by atoms with Crippen LogP contribution in [0.2, 0.25) is 0 Å². The molecule has 0 amide bonds. The van der Waals surface area contributed by atoms with Gasteiger partial charge in [0.15, 0.2) is 0 Å². The molecule has 0 atom stereocenters. The van der Waals surface area contributed by atoms with Crippen LogP contribution >= 0.6 is 0 Å². The van der Waals surface area contributed by atoms with E-state index in [0.717, 1.165) is 6.42 Å². The number of rotatable bonds is 8. The van der Waals surface area contributed by atoms with E-state index in [1.165, 1.54) is 70.5 Å². The molecule has 29 heavy (non-hydrogen) atoms. The van der Waals surface area contributed by atoms with Gasteiger partial charge in [-0.15, -0.1) is 0 Å². The van der Waals surface area contributed by atoms with Crippen molar-refractivity contribution in [1.29, 1.82) is 0 Å². The number of anilines is 1. The number of hydrogen-bond donors (Lipinski definition) is 1. The van der Waals surface area contributed by atoms with Gasteiger partial charge in [-0.05, 0) is 76.6 Å². The van der Waals surface area contributed by atoms with Crippen LogP contribution in [-0.2, 0) is 17.6 Å². The smallest absolute Gasteiger partial charge is 0.142 e. The molecule has 1 N–H and O–H groups in total. The average molecular weight is 388 g/mol. The maximum absolute atomic E-state index is 9.06. The Hall–Kier alpha value is -2.87. The first kappa shape index (κ1) is 22.4. The molecule has 0 aromatic heterocycles. The number of allylic oxidation sites excluding steroid dienone is 1. The summed E-state index contributed by atoms with van der Waals surface area (Å²) in [7, 11) is 1.97. The first-order valence-electron chi connectivity index (χ1n) is 10.6. The molecule has 0 aliphatic rings. The van der Waals surface area contributed by atoms with Crippen LogP contribution in [-0.4, -0.2) is 13.3 Å². The summed E-state index contributed by atoms with van der Waals surface area (Å²) in [6.45, 7) is 7.59. The number of nitrogens with one attached hydrogen (secondary N) is 1. The lowest BCUT2D eigenvalue weighted by molar-refractivity contribution is -0.104. The van der Waals surface area contributed by atoms with E-state index in [4.69, 9.17) is 4.79 Å². The normalized spacial score (nSPS) is 10.2. The largest absolute Gasteiger partial charge is 0.388 e. The summed E-state index contributed by atoms with van der Waals surface area (Å²) in [5.74, 6) is 0. The lowest BCUT2D eigenvalue weighted by Gasteiger charge is -2.12. The highest BCUT2D eigenvalue weighted by Gasteiger charge is 2.06. The molecule has 0 saturated carbocycles. The number of aryl methyl sites for hydroxylation is 2. The van der Waals surface area contributed by atoms with Gasteiger partial charge < -0.3 is 5.32 Å². The van der Waals surface area contributed by atoms with Crippen molar-refractivity contribution in [2.24, 2.45) is 0 Å². The second-order valence-electron chi connectivity index (χ2n) is 7.20. The molecule has 2 nitrogen and oxygen atoms in total. The summed E-state index contributed by atoms with van der Waals surface area (Å²) in [6, 6.07) is 20.5. The lowest BCUT2D eigenvalue weighted by atomic mass is 9.94. The monoisotopic (exact) mass is 387 g/mol. The molecule has 3 aromatic carbocycles. The van der Waals surface area contributed by atoms with Crippen LogP contribution in [0.25, 0.3) is 21.9 Å². The Kier molecular flexibility index (Phi) is 9.17. The van der Waals surface area contributed by atoms with E-state index in [1.54, 1.807) is 0 Å². The predicted octanol–water partition coefficient (Wildman–Crippen LogP) is 7.21. The van der Waals surface area contributed by atoms with Gasteiger partial charge in [0.05, 0.1) is 0 Å². The van der Waals surface area contributed by atoms with Gasteiger partial charge in [0.2, 0.25) is 0 Å². The average Bonchev–Trinajstić information content (AvgIpc) is 2.78. The third-order valence-corrected chi connectivity index (χ3v) is 5.16. The van der Waals surface area contributed by atoms with E-state index in [0.29, 0.717) is 6.29 Å². The molecule has 3 aromatic rings. The van der Waals surface area contributed by atoms with E-state index in [2.05, 4.69) is 80.3 Å². The topological polar surface area (TPSA) is 29.1 Å². The maximum atomic E-state index is 9.06. The number of benzene rings is 3. The molecule has 0 bridgehead atoms. The standard InChI is InChI=1S/C24H29N.C3H4O/c1-4-6-7-8-18-9-10-21-16-22(12-11-20(21)15-18)24-14-13-23(25-3)17-19(24)5-2;1-2-3-4/h9-17,25H,4-8H2,1-3H3;2-3H,1H2. The fourth-order valence-electron chi connectivity index (χ4n) is 3.52. The Balaban J connectivity index is 0.000000687. The third kappa shape index (κ3) is 6.32. The molecule has 0 radical (unpaired) electrons. The van der Waals surface area contributed by atoms with Gasteiger partial charge >= 0.3 is 0 Å². The summed E-state index contributed by atoms with van der Waals surface area (Å²) in [4.78, 5) is 9.06. The minimum Gasteiger partial charge on any atom is -0.388 e. The summed E-state index contributed by atoms with van der Waals surface area (Å²) < 4.78 is 0. The van der Waals surface area contributed by atoms with Crippen LogP contribution in [0.1, 0.15) is 44.2 Å². The quantitative estimate of drug-likeness (QED) is 0.251. The van der Waals surface area contributed by atoms with Crippen LogP contribution in [0.15, 0.2) is 67.3 Å². The highest BCUT2D eigenvalue weighted by molar-refractivity contribution is 5.88. The molecule has 0 aliphatic carbocycles. The summed E-state index contributed by atoms with van der Waals surface area (Å²) in [6.07, 6.45) is 7.95. The van der Waals surface area contributed by atoms with Gasteiger partial charge in [-0.3, -0.25) is 4.79 Å². The molecule has 2 heteroatoms. The Labute approximate surface area is 175 Å². The van der Waals surface area contributed by atoms with Crippen LogP contribution in [0.3, 0.4) is 0 Å². The molecular formula is C27H33NO. The molecule has 0 saturated heterocycles. The molecule has 0 heterocycles. The van der Waals surface area contributed by atoms with Crippen molar-refractivity contribution in [3.8, 4) is 11.1 Å². The Morgan fingerprint density at radius 3 is 2.31 bits per heavy atom. The number of unbranched alkanes of at least 4 members (excludes halogenated alkanes) is 2. The SMILES string of the molecule is C=CC=O.CCCCCc1ccc2cc(-c3ccc(NC)cc3CC)ccc2c1. The first-order chi connectivity index (χ1) is 14.2. The highest BCUT2D eigenvalue weighted by atomic mass is 16.1. The van der Waals surface area contributed by atoms with E-state index in [9.17, 15) is 0 Å². The Morgan fingerprint density at radius 2 is 1.66 bits per heavy atom. The summed E-state index contributed by atoms with van der Waals surface area (Å²) in [5, 5.41) is 5.92. The second-order valence-corrected chi connectivity index (χ2v) is 7.20. The van der Waals surface area contributed by atoms with E-state index in [1.807, 2.05) is 7.05 Å². The van der Waals surface area contributed by atoms with Crippen LogP contribution < -0.4 is 5.32 Å². The summed E-state index contributed by atoms with van der Waals surface area (Å²) >= 11 is 0. The molecule has 0 fully saturated rings. The number of carbonyl (C=O) groups excluding carboxylic acids is 1. The molecule has 152 valence electrons. The second kappa shape index (κ2) is 11.9. The number of fused-ring (bicyclic) bond motifs is 1. The zero-order valence-electron chi connectivity index (χ0n) is 18.0. The van der Waals surface area contributed by atoms with Crippen molar-refractivity contribution < 1.29 is 4.79 Å². The zero-order valence-corrected chi connectivity index (χ0v) is 18.0. The molecule has 3 rings (SSSR count). The number of hydrogen-bond acceptors (Lipinski definition) is 2. The van der Waals surface area contributed by atoms with Gasteiger partial charge in [-0.2, -0.15) is 0 Å². The fraction of sp³-hybridized carbons (Fsp3) is 0.296. The Morgan fingerprint density at radius 1 is 0.931 bits per heavy atom. The van der Waals surface area contributed by atoms with Gasteiger partial charge in [-0.25, -0.2) is 0 Å². The van der Waals surface area contributed by atoms with Crippen molar-refractivity contribution in [2.75, 3.05) is 12.4 Å². The van der Waals surface area contributed by atoms with Crippen molar-refractivity contribution in [1.82, 2.24) is 0 Å². The predicted molar refractivity (Wildman–Crippen MR) is 128 cm³/mol. The first-order valence-corrected chi connectivity index (χ1v) is 10.6. The van der Waals surface area contributed by atoms with Gasteiger partial charge in [0, 0.05) is 12.7 Å².